The number of nitrogens with two attached hydrogens (primary N) is 1. The molecule has 0 atom stereocenters. The van der Waals surface area contributed by atoms with Crippen molar-refractivity contribution in [2.45, 2.75) is 12.8 Å². The van der Waals surface area contributed by atoms with Crippen LogP contribution in [0.4, 0.5) is 13.2 Å². The van der Waals surface area contributed by atoms with Crippen molar-refractivity contribution in [3.8, 4) is 5.75 Å². The van der Waals surface area contributed by atoms with Gasteiger partial charge in [-0.2, -0.15) is 13.2 Å². The van der Waals surface area contributed by atoms with Crippen LogP contribution in [0.1, 0.15) is 21.5 Å². The Balaban J connectivity index is 2.05. The summed E-state index contributed by atoms with van der Waals surface area (Å²) in [4.78, 5) is 22.6. The predicted octanol–water partition coefficient (Wildman–Crippen LogP) is 3.15. The van der Waals surface area contributed by atoms with E-state index in [1.165, 1.54) is 12.1 Å². The normalized spacial score (nSPS) is 11.1. The molecule has 0 spiro atoms. The first kappa shape index (κ1) is 19.6. The number of hydrogen-bond acceptors (Lipinski definition) is 3. The van der Waals surface area contributed by atoms with Gasteiger partial charge < -0.3 is 15.8 Å². The van der Waals surface area contributed by atoms with E-state index in [0.29, 0.717) is 5.56 Å². The molecule has 0 heterocycles. The van der Waals surface area contributed by atoms with Crippen LogP contribution in [-0.4, -0.2) is 18.4 Å². The van der Waals surface area contributed by atoms with Crippen molar-refractivity contribution in [3.63, 3.8) is 0 Å². The summed E-state index contributed by atoms with van der Waals surface area (Å²) in [7, 11) is 0. The van der Waals surface area contributed by atoms with Crippen molar-refractivity contribution in [1.82, 2.24) is 5.32 Å². The second kappa shape index (κ2) is 8.09. The van der Waals surface area contributed by atoms with E-state index in [2.05, 4.69) is 5.32 Å². The Bertz CT molecular complexity index is 825. The van der Waals surface area contributed by atoms with Gasteiger partial charge in [-0.25, -0.2) is 0 Å². The van der Waals surface area contributed by atoms with Crippen molar-refractivity contribution in [2.24, 2.45) is 5.73 Å². The van der Waals surface area contributed by atoms with Gasteiger partial charge in [-0.1, -0.05) is 23.7 Å². The molecule has 2 aromatic carbocycles. The molecule has 3 N–H and O–H groups in total. The number of carbonyl (C=O) groups excluding carboxylic acids is 2. The van der Waals surface area contributed by atoms with Crippen LogP contribution in [0.5, 0.6) is 5.75 Å². The summed E-state index contributed by atoms with van der Waals surface area (Å²) >= 11 is 5.82. The standard InChI is InChI=1S/C17H14ClF3N2O3/c18-13-7-12(17(19,20)21)4-5-14(13)26-9-10-2-1-3-11(6-10)16(25)23-8-15(22)24/h1-7H,8-9H2,(H2,22,24)(H,23,25). The molecular weight excluding hydrogens is 373 g/mol. The Morgan fingerprint density at radius 1 is 1.15 bits per heavy atom. The Morgan fingerprint density at radius 2 is 1.88 bits per heavy atom. The monoisotopic (exact) mass is 386 g/mol. The SMILES string of the molecule is NC(=O)CNC(=O)c1cccc(COc2ccc(C(F)(F)F)cc2Cl)c1. The highest BCUT2D eigenvalue weighted by Crippen LogP contribution is 2.34. The molecule has 0 radical (unpaired) electrons. The minimum atomic E-state index is -4.49. The summed E-state index contributed by atoms with van der Waals surface area (Å²) in [5.74, 6) is -1.07. The van der Waals surface area contributed by atoms with Crippen molar-refractivity contribution >= 4 is 23.4 Å². The third-order valence-corrected chi connectivity index (χ3v) is 3.56. The lowest BCUT2D eigenvalue weighted by Gasteiger charge is -2.12. The number of alkyl halides is 3. The Morgan fingerprint density at radius 3 is 2.50 bits per heavy atom. The van der Waals surface area contributed by atoms with E-state index >= 15 is 0 Å². The van der Waals surface area contributed by atoms with E-state index in [-0.39, 0.29) is 29.5 Å². The zero-order chi connectivity index (χ0) is 19.3. The maximum atomic E-state index is 12.6. The zero-order valence-corrected chi connectivity index (χ0v) is 14.0. The first-order valence-corrected chi connectivity index (χ1v) is 7.69. The molecule has 2 amide bonds. The molecule has 0 aromatic heterocycles. The number of amides is 2. The second-order valence-corrected chi connectivity index (χ2v) is 5.69. The van der Waals surface area contributed by atoms with Crippen LogP contribution in [0.15, 0.2) is 42.5 Å². The van der Waals surface area contributed by atoms with Crippen LogP contribution < -0.4 is 15.8 Å². The maximum absolute atomic E-state index is 12.6. The highest BCUT2D eigenvalue weighted by atomic mass is 35.5. The number of halogens is 4. The van der Waals surface area contributed by atoms with E-state index in [9.17, 15) is 22.8 Å². The van der Waals surface area contributed by atoms with Crippen molar-refractivity contribution in [2.75, 3.05) is 6.54 Å². The molecule has 0 unspecified atom stereocenters. The molecule has 2 rings (SSSR count). The average Bonchev–Trinajstić information content (AvgIpc) is 2.58. The van der Waals surface area contributed by atoms with E-state index in [4.69, 9.17) is 22.1 Å². The topological polar surface area (TPSA) is 81.4 Å². The second-order valence-electron chi connectivity index (χ2n) is 5.28. The number of nitrogens with one attached hydrogen (secondary N) is 1. The summed E-state index contributed by atoms with van der Waals surface area (Å²) < 4.78 is 43.3. The van der Waals surface area contributed by atoms with Crippen LogP contribution in [0.25, 0.3) is 0 Å². The molecule has 0 saturated carbocycles. The summed E-state index contributed by atoms with van der Waals surface area (Å²) in [5.41, 5.74) is 4.96. The largest absolute Gasteiger partial charge is 0.487 e. The highest BCUT2D eigenvalue weighted by molar-refractivity contribution is 6.32. The lowest BCUT2D eigenvalue weighted by Crippen LogP contribution is -2.33. The van der Waals surface area contributed by atoms with Gasteiger partial charge in [-0.15, -0.1) is 0 Å². The summed E-state index contributed by atoms with van der Waals surface area (Å²) in [5, 5.41) is 2.18. The van der Waals surface area contributed by atoms with Crippen LogP contribution in [0.3, 0.4) is 0 Å². The van der Waals surface area contributed by atoms with E-state index in [0.717, 1.165) is 18.2 Å². The number of rotatable bonds is 6. The summed E-state index contributed by atoms with van der Waals surface area (Å²) in [6, 6.07) is 9.11. The lowest BCUT2D eigenvalue weighted by molar-refractivity contribution is -0.137. The molecule has 9 heteroatoms. The number of hydrogen-bond donors (Lipinski definition) is 2. The third kappa shape index (κ3) is 5.38. The minimum Gasteiger partial charge on any atom is -0.487 e. The van der Waals surface area contributed by atoms with E-state index in [1.807, 2.05) is 0 Å². The number of primary amides is 1. The van der Waals surface area contributed by atoms with Gasteiger partial charge in [-0.05, 0) is 35.9 Å². The molecule has 26 heavy (non-hydrogen) atoms. The molecule has 0 saturated heterocycles. The first-order chi connectivity index (χ1) is 12.2. The minimum absolute atomic E-state index is 0.0119. The fraction of sp³-hybridized carbons (Fsp3) is 0.176. The Labute approximate surface area is 151 Å². The predicted molar refractivity (Wildman–Crippen MR) is 88.8 cm³/mol. The quantitative estimate of drug-likeness (QED) is 0.800. The molecule has 2 aromatic rings. The highest BCUT2D eigenvalue weighted by Gasteiger charge is 2.31. The van der Waals surface area contributed by atoms with Gasteiger partial charge in [0.05, 0.1) is 17.1 Å². The maximum Gasteiger partial charge on any atom is 0.416 e. The lowest BCUT2D eigenvalue weighted by atomic mass is 10.1. The first-order valence-electron chi connectivity index (χ1n) is 7.32. The van der Waals surface area contributed by atoms with Crippen molar-refractivity contribution < 1.29 is 27.5 Å². The van der Waals surface area contributed by atoms with Gasteiger partial charge in [0, 0.05) is 5.56 Å². The summed E-state index contributed by atoms with van der Waals surface area (Å²) in [6.45, 7) is -0.303. The third-order valence-electron chi connectivity index (χ3n) is 3.27. The van der Waals surface area contributed by atoms with Crippen LogP contribution >= 0.6 is 11.6 Å². The molecule has 0 bridgehead atoms. The molecule has 5 nitrogen and oxygen atoms in total. The molecular formula is C17H14ClF3N2O3. The summed E-state index contributed by atoms with van der Waals surface area (Å²) in [6.07, 6.45) is -4.49. The van der Waals surface area contributed by atoms with Crippen LogP contribution in [0.2, 0.25) is 5.02 Å². The van der Waals surface area contributed by atoms with Gasteiger partial charge in [0.25, 0.3) is 5.91 Å². The van der Waals surface area contributed by atoms with Gasteiger partial charge in [0.2, 0.25) is 5.91 Å². The average molecular weight is 387 g/mol. The van der Waals surface area contributed by atoms with Gasteiger partial charge in [0.1, 0.15) is 12.4 Å². The molecule has 0 aliphatic rings. The van der Waals surface area contributed by atoms with Crippen LogP contribution in [0, 0.1) is 0 Å². The Kier molecular flexibility index (Phi) is 6.10. The van der Waals surface area contributed by atoms with E-state index in [1.54, 1.807) is 12.1 Å². The van der Waals surface area contributed by atoms with Gasteiger partial charge in [-0.3, -0.25) is 9.59 Å². The molecule has 0 fully saturated rings. The fourth-order valence-electron chi connectivity index (χ4n) is 2.03. The molecule has 0 aliphatic carbocycles. The van der Waals surface area contributed by atoms with E-state index < -0.39 is 23.6 Å². The van der Waals surface area contributed by atoms with Gasteiger partial charge >= 0.3 is 6.18 Å². The molecule has 138 valence electrons. The van der Waals surface area contributed by atoms with Gasteiger partial charge in [0.15, 0.2) is 0 Å². The Hall–Kier alpha value is -2.74. The zero-order valence-electron chi connectivity index (χ0n) is 13.3. The fourth-order valence-corrected chi connectivity index (χ4v) is 2.26. The smallest absolute Gasteiger partial charge is 0.416 e. The number of benzene rings is 2. The number of ether oxygens (including phenoxy) is 1. The van der Waals surface area contributed by atoms with Crippen LogP contribution in [-0.2, 0) is 17.6 Å². The van der Waals surface area contributed by atoms with Crippen molar-refractivity contribution in [1.29, 1.82) is 0 Å². The number of carbonyl (C=O) groups is 2. The van der Waals surface area contributed by atoms with Crippen molar-refractivity contribution in [3.05, 3.63) is 64.2 Å². The molecule has 0 aliphatic heterocycles.